The Hall–Kier alpha value is -2.75. The first-order chi connectivity index (χ1) is 14.3. The minimum atomic E-state index is -0.250. The smallest absolute Gasteiger partial charge is 0.290 e. The summed E-state index contributed by atoms with van der Waals surface area (Å²) in [5.41, 5.74) is 6.84. The molecule has 0 radical (unpaired) electrons. The highest BCUT2D eigenvalue weighted by molar-refractivity contribution is 5.92. The van der Waals surface area contributed by atoms with Gasteiger partial charge in [-0.05, 0) is 30.7 Å². The highest BCUT2D eigenvalue weighted by Crippen LogP contribution is 2.36. The molecule has 2 aliphatic rings. The molecule has 3 rings (SSSR count). The minimum absolute atomic E-state index is 0.0159. The van der Waals surface area contributed by atoms with Crippen molar-refractivity contribution in [2.24, 2.45) is 11.8 Å². The number of hydrogen-bond donors (Lipinski definition) is 3. The van der Waals surface area contributed by atoms with Crippen molar-refractivity contribution in [1.82, 2.24) is 20.2 Å². The van der Waals surface area contributed by atoms with Crippen molar-refractivity contribution in [3.8, 4) is 0 Å². The van der Waals surface area contributed by atoms with Crippen LogP contribution in [0.15, 0.2) is 6.07 Å². The molecular formula is C20H31N5O5. The van der Waals surface area contributed by atoms with Crippen LogP contribution in [0, 0.1) is 11.8 Å². The van der Waals surface area contributed by atoms with Crippen molar-refractivity contribution in [3.63, 3.8) is 0 Å². The van der Waals surface area contributed by atoms with Gasteiger partial charge in [-0.3, -0.25) is 14.4 Å². The first-order valence-electron chi connectivity index (χ1n) is 10.1. The van der Waals surface area contributed by atoms with Gasteiger partial charge in [0.05, 0.1) is 0 Å². The van der Waals surface area contributed by atoms with E-state index in [9.17, 15) is 9.59 Å². The van der Waals surface area contributed by atoms with Crippen LogP contribution < -0.4 is 11.1 Å². The first-order valence-corrected chi connectivity index (χ1v) is 10.1. The Balaban J connectivity index is 0.00000101. The Morgan fingerprint density at radius 2 is 2.07 bits per heavy atom. The maximum absolute atomic E-state index is 12.8. The van der Waals surface area contributed by atoms with Gasteiger partial charge < -0.3 is 25.8 Å². The van der Waals surface area contributed by atoms with Gasteiger partial charge >= 0.3 is 0 Å². The largest absolute Gasteiger partial charge is 0.483 e. The van der Waals surface area contributed by atoms with E-state index in [0.29, 0.717) is 18.2 Å². The average Bonchev–Trinajstić information content (AvgIpc) is 3.14. The summed E-state index contributed by atoms with van der Waals surface area (Å²) >= 11 is 0. The lowest BCUT2D eigenvalue weighted by molar-refractivity contribution is -0.134. The molecule has 1 aliphatic carbocycles. The number of nitrogen functional groups attached to an aromatic ring is 1. The van der Waals surface area contributed by atoms with Crippen LogP contribution in [-0.2, 0) is 14.3 Å². The molecule has 3 atom stereocenters. The second-order valence-electron chi connectivity index (χ2n) is 7.96. The number of likely N-dealkylation sites (tertiary alicyclic amines) is 1. The van der Waals surface area contributed by atoms with Crippen molar-refractivity contribution >= 4 is 24.2 Å². The van der Waals surface area contributed by atoms with Gasteiger partial charge in [-0.1, -0.05) is 20.3 Å². The Morgan fingerprint density at radius 1 is 1.37 bits per heavy atom. The van der Waals surface area contributed by atoms with E-state index in [-0.39, 0.29) is 48.7 Å². The molecule has 1 saturated heterocycles. The third-order valence-electron chi connectivity index (χ3n) is 5.62. The lowest BCUT2D eigenvalue weighted by Gasteiger charge is -2.33. The highest BCUT2D eigenvalue weighted by atomic mass is 16.5. The maximum atomic E-state index is 12.8. The molecule has 10 nitrogen and oxygen atoms in total. The molecule has 166 valence electrons. The zero-order chi connectivity index (χ0) is 22.3. The number of amides is 2. The van der Waals surface area contributed by atoms with Crippen LogP contribution in [0.25, 0.3) is 0 Å². The number of carbonyl (C=O) groups is 3. The number of nitrogens with zero attached hydrogens (tertiary/aromatic N) is 3. The molecule has 2 amide bonds. The van der Waals surface area contributed by atoms with Crippen LogP contribution in [0.1, 0.15) is 55.2 Å². The number of ether oxygens (including phenoxy) is 1. The third kappa shape index (κ3) is 5.88. The van der Waals surface area contributed by atoms with E-state index < -0.39 is 0 Å². The van der Waals surface area contributed by atoms with Crippen molar-refractivity contribution in [3.05, 3.63) is 17.5 Å². The number of nitrogens with one attached hydrogen (secondary N) is 1. The predicted molar refractivity (Wildman–Crippen MR) is 110 cm³/mol. The third-order valence-corrected chi connectivity index (χ3v) is 5.62. The van der Waals surface area contributed by atoms with Crippen LogP contribution in [0.3, 0.4) is 0 Å². The van der Waals surface area contributed by atoms with Crippen LogP contribution in [-0.4, -0.2) is 71.1 Å². The Labute approximate surface area is 176 Å². The topological polar surface area (TPSA) is 148 Å². The Kier molecular flexibility index (Phi) is 8.52. The van der Waals surface area contributed by atoms with E-state index in [4.69, 9.17) is 20.4 Å². The second kappa shape index (κ2) is 10.9. The molecule has 2 heterocycles. The van der Waals surface area contributed by atoms with E-state index in [1.54, 1.807) is 6.07 Å². The number of nitrogens with two attached hydrogens (primary N) is 1. The predicted octanol–water partition coefficient (Wildman–Crippen LogP) is 0.886. The fourth-order valence-corrected chi connectivity index (χ4v) is 4.21. The average molecular weight is 421 g/mol. The first kappa shape index (κ1) is 23.5. The van der Waals surface area contributed by atoms with Gasteiger partial charge in [0.25, 0.3) is 12.4 Å². The standard InChI is InChI=1S/C19H29N5O3.CH2O2/c1-11(2)15-7-16(23-19(20)22-15)18(26)21-14-6-4-5-12-8-24(9-13(12)14)17(25)10-27-3;2-1-3/h7,11-14H,4-6,8-10H2,1-3H3,(H,21,26)(H2,20,22,23);1H,(H,2,3)/t12-,13+,14-;/m0./s1. The number of carbonyl (C=O) groups excluding carboxylic acids is 2. The van der Waals surface area contributed by atoms with Gasteiger partial charge in [0.15, 0.2) is 0 Å². The van der Waals surface area contributed by atoms with E-state index in [0.717, 1.165) is 31.5 Å². The molecule has 0 unspecified atom stereocenters. The summed E-state index contributed by atoms with van der Waals surface area (Å²) in [7, 11) is 1.53. The van der Waals surface area contributed by atoms with Crippen molar-refractivity contribution < 1.29 is 24.2 Å². The molecular weight excluding hydrogens is 390 g/mol. The molecule has 0 aromatic carbocycles. The summed E-state index contributed by atoms with van der Waals surface area (Å²) in [5.74, 6) is 0.764. The van der Waals surface area contributed by atoms with Crippen LogP contribution in [0.4, 0.5) is 5.95 Å². The Bertz CT molecular complexity index is 757. The van der Waals surface area contributed by atoms with Crippen molar-refractivity contribution in [2.45, 2.75) is 45.1 Å². The molecule has 0 bridgehead atoms. The summed E-state index contributed by atoms with van der Waals surface area (Å²) < 4.78 is 4.97. The van der Waals surface area contributed by atoms with Crippen LogP contribution in [0.2, 0.25) is 0 Å². The molecule has 1 saturated carbocycles. The molecule has 4 N–H and O–H groups in total. The molecule has 1 aromatic rings. The molecule has 1 aromatic heterocycles. The Morgan fingerprint density at radius 3 is 2.70 bits per heavy atom. The number of hydrogen-bond acceptors (Lipinski definition) is 7. The van der Waals surface area contributed by atoms with Crippen LogP contribution in [0.5, 0.6) is 0 Å². The monoisotopic (exact) mass is 421 g/mol. The van der Waals surface area contributed by atoms with Crippen LogP contribution >= 0.6 is 0 Å². The summed E-state index contributed by atoms with van der Waals surface area (Å²) in [5, 5.41) is 10.0. The number of aromatic nitrogens is 2. The fraction of sp³-hybridized carbons (Fsp3) is 0.650. The second-order valence-corrected chi connectivity index (χ2v) is 7.96. The zero-order valence-corrected chi connectivity index (χ0v) is 17.7. The van der Waals surface area contributed by atoms with E-state index in [2.05, 4.69) is 15.3 Å². The number of methoxy groups -OCH3 is 1. The van der Waals surface area contributed by atoms with E-state index >= 15 is 0 Å². The van der Waals surface area contributed by atoms with E-state index in [1.807, 2.05) is 18.7 Å². The van der Waals surface area contributed by atoms with Gasteiger partial charge in [0.1, 0.15) is 12.3 Å². The molecule has 10 heteroatoms. The van der Waals surface area contributed by atoms with Crippen molar-refractivity contribution in [1.29, 1.82) is 0 Å². The fourth-order valence-electron chi connectivity index (χ4n) is 4.21. The van der Waals surface area contributed by atoms with Gasteiger partial charge in [-0.2, -0.15) is 0 Å². The quantitative estimate of drug-likeness (QED) is 0.594. The van der Waals surface area contributed by atoms with Gasteiger partial charge in [-0.25, -0.2) is 9.97 Å². The minimum Gasteiger partial charge on any atom is -0.483 e. The summed E-state index contributed by atoms with van der Waals surface area (Å²) in [4.78, 5) is 43.5. The van der Waals surface area contributed by atoms with Crippen molar-refractivity contribution in [2.75, 3.05) is 32.5 Å². The number of fused-ring (bicyclic) bond motifs is 1. The van der Waals surface area contributed by atoms with Gasteiger partial charge in [0, 0.05) is 37.9 Å². The lowest BCUT2D eigenvalue weighted by atomic mass is 9.78. The summed E-state index contributed by atoms with van der Waals surface area (Å²) in [6.07, 6.45) is 3.05. The molecule has 0 spiro atoms. The summed E-state index contributed by atoms with van der Waals surface area (Å²) in [6.45, 7) is 5.27. The normalized spacial score (nSPS) is 22.7. The molecule has 1 aliphatic heterocycles. The molecule has 2 fully saturated rings. The number of anilines is 1. The number of rotatable bonds is 5. The highest BCUT2D eigenvalue weighted by Gasteiger charge is 2.42. The summed E-state index contributed by atoms with van der Waals surface area (Å²) in [6, 6.07) is 1.75. The number of carboxylic acid groups (broad SMARTS) is 1. The lowest BCUT2D eigenvalue weighted by Crippen LogP contribution is -2.45. The SMILES string of the molecule is COCC(=O)N1C[C@@H]2CCC[C@H](NC(=O)c3cc(C(C)C)nc(N)n3)[C@@H]2C1.O=CO. The van der Waals surface area contributed by atoms with Gasteiger partial charge in [-0.15, -0.1) is 0 Å². The van der Waals surface area contributed by atoms with E-state index in [1.165, 1.54) is 7.11 Å². The maximum Gasteiger partial charge on any atom is 0.290 e. The van der Waals surface area contributed by atoms with Gasteiger partial charge in [0.2, 0.25) is 11.9 Å². The zero-order valence-electron chi connectivity index (χ0n) is 17.7. The molecule has 30 heavy (non-hydrogen) atoms.